The molecule has 126 valence electrons. The monoisotopic (exact) mass is 335 g/mol. The Morgan fingerprint density at radius 1 is 1.26 bits per heavy atom. The zero-order chi connectivity index (χ0) is 16.4. The molecule has 1 aromatic heterocycles. The smallest absolute Gasteiger partial charge is 0.349 e. The highest BCUT2D eigenvalue weighted by molar-refractivity contribution is 7.14. The molecule has 1 saturated carbocycles. The largest absolute Gasteiger partial charge is 0.448 e. The molecular weight excluding hydrogens is 310 g/mol. The van der Waals surface area contributed by atoms with Crippen LogP contribution in [0.15, 0.2) is 6.07 Å². The van der Waals surface area contributed by atoms with Crippen molar-refractivity contribution >= 4 is 23.2 Å². The summed E-state index contributed by atoms with van der Waals surface area (Å²) >= 11 is 1.51. The van der Waals surface area contributed by atoms with Crippen LogP contribution in [0.25, 0.3) is 0 Å². The lowest BCUT2D eigenvalue weighted by molar-refractivity contribution is -0.130. The van der Waals surface area contributed by atoms with E-state index in [9.17, 15) is 9.59 Å². The molecule has 2 aliphatic rings. The fraction of sp³-hybridized carbons (Fsp3) is 0.667. The van der Waals surface area contributed by atoms with Crippen molar-refractivity contribution in [2.24, 2.45) is 5.92 Å². The van der Waals surface area contributed by atoms with Gasteiger partial charge in [0.2, 0.25) is 0 Å². The molecule has 0 aromatic carbocycles. The fourth-order valence-corrected chi connectivity index (χ4v) is 4.67. The third-order valence-corrected chi connectivity index (χ3v) is 6.26. The van der Waals surface area contributed by atoms with Gasteiger partial charge in [0.1, 0.15) is 4.88 Å². The third kappa shape index (κ3) is 3.77. The van der Waals surface area contributed by atoms with Crippen molar-refractivity contribution in [3.8, 4) is 0 Å². The van der Waals surface area contributed by atoms with Crippen LogP contribution < -0.4 is 5.32 Å². The van der Waals surface area contributed by atoms with Gasteiger partial charge in [-0.15, -0.1) is 11.3 Å². The van der Waals surface area contributed by atoms with E-state index in [-0.39, 0.29) is 17.9 Å². The summed E-state index contributed by atoms with van der Waals surface area (Å²) in [4.78, 5) is 26.4. The minimum atomic E-state index is -0.742. The maximum absolute atomic E-state index is 12.3. The summed E-state index contributed by atoms with van der Waals surface area (Å²) in [6, 6.07) is 2.14. The van der Waals surface area contributed by atoms with Crippen LogP contribution in [0.1, 0.15) is 66.1 Å². The summed E-state index contributed by atoms with van der Waals surface area (Å²) in [6.07, 6.45) is 7.11. The van der Waals surface area contributed by atoms with E-state index in [1.165, 1.54) is 34.6 Å². The molecule has 2 aliphatic carbocycles. The van der Waals surface area contributed by atoms with E-state index >= 15 is 0 Å². The molecule has 1 aromatic rings. The number of aryl methyl sites for hydroxylation is 2. The van der Waals surface area contributed by atoms with Crippen LogP contribution in [0.4, 0.5) is 0 Å². The molecule has 1 heterocycles. The summed E-state index contributed by atoms with van der Waals surface area (Å²) in [7, 11) is 0. The Kier molecular flexibility index (Phi) is 5.05. The van der Waals surface area contributed by atoms with Crippen LogP contribution in [0.3, 0.4) is 0 Å². The van der Waals surface area contributed by atoms with Gasteiger partial charge >= 0.3 is 5.97 Å². The average Bonchev–Trinajstić information content (AvgIpc) is 3.10. The molecular formula is C18H25NO3S. The Morgan fingerprint density at radius 3 is 2.78 bits per heavy atom. The average molecular weight is 335 g/mol. The Labute approximate surface area is 141 Å². The Morgan fingerprint density at radius 2 is 2.04 bits per heavy atom. The van der Waals surface area contributed by atoms with Gasteiger partial charge in [0.05, 0.1) is 0 Å². The summed E-state index contributed by atoms with van der Waals surface area (Å²) in [5, 5.41) is 3.05. The number of amides is 1. The number of carbonyl (C=O) groups is 2. The number of esters is 1. The predicted octanol–water partition coefficient (Wildman–Crippen LogP) is 3.48. The molecule has 0 aliphatic heterocycles. The highest BCUT2D eigenvalue weighted by Crippen LogP contribution is 2.31. The van der Waals surface area contributed by atoms with Gasteiger partial charge < -0.3 is 10.1 Å². The molecule has 3 atom stereocenters. The summed E-state index contributed by atoms with van der Waals surface area (Å²) in [5.74, 6) is -0.0548. The number of ether oxygens (including phenoxy) is 1. The number of thiophene rings is 1. The van der Waals surface area contributed by atoms with Crippen LogP contribution in [-0.2, 0) is 22.4 Å². The number of carbonyl (C=O) groups excluding carboxylic acids is 2. The van der Waals surface area contributed by atoms with Crippen molar-refractivity contribution in [1.29, 1.82) is 0 Å². The normalized spacial score (nSPS) is 24.8. The van der Waals surface area contributed by atoms with Crippen molar-refractivity contribution < 1.29 is 14.3 Å². The van der Waals surface area contributed by atoms with Gasteiger partial charge in [0.25, 0.3) is 5.91 Å². The zero-order valence-electron chi connectivity index (χ0n) is 13.9. The highest BCUT2D eigenvalue weighted by Gasteiger charge is 2.27. The first kappa shape index (κ1) is 16.5. The van der Waals surface area contributed by atoms with Crippen LogP contribution >= 0.6 is 11.3 Å². The lowest BCUT2D eigenvalue weighted by Crippen LogP contribution is -2.45. The maximum Gasteiger partial charge on any atom is 0.349 e. The Hall–Kier alpha value is -1.36. The van der Waals surface area contributed by atoms with Gasteiger partial charge in [-0.05, 0) is 56.6 Å². The lowest BCUT2D eigenvalue weighted by Gasteiger charge is -2.30. The quantitative estimate of drug-likeness (QED) is 0.857. The van der Waals surface area contributed by atoms with Crippen molar-refractivity contribution in [1.82, 2.24) is 5.32 Å². The van der Waals surface area contributed by atoms with E-state index in [1.807, 2.05) is 6.07 Å². The highest BCUT2D eigenvalue weighted by atomic mass is 32.1. The molecule has 3 rings (SSSR count). The van der Waals surface area contributed by atoms with Gasteiger partial charge in [0, 0.05) is 10.9 Å². The third-order valence-electron chi connectivity index (χ3n) is 5.04. The number of hydrogen-bond acceptors (Lipinski definition) is 4. The number of hydrogen-bond donors (Lipinski definition) is 1. The second kappa shape index (κ2) is 7.04. The standard InChI is InChI=1S/C18H25NO3S/c1-11-6-3-4-8-14(11)19-17(20)12(2)22-18(21)16-10-13-7-5-9-15(13)23-16/h10-12,14H,3-9H2,1-2H3,(H,19,20)/t11-,12-,14+/m1/s1. The maximum atomic E-state index is 12.3. The molecule has 0 radical (unpaired) electrons. The molecule has 0 spiro atoms. The molecule has 0 bridgehead atoms. The van der Waals surface area contributed by atoms with Crippen molar-refractivity contribution in [2.75, 3.05) is 0 Å². The van der Waals surface area contributed by atoms with E-state index in [2.05, 4.69) is 12.2 Å². The summed E-state index contributed by atoms with van der Waals surface area (Å²) in [5.41, 5.74) is 1.27. The first-order valence-electron chi connectivity index (χ1n) is 8.67. The SMILES string of the molecule is C[C@@H]1CCCC[C@@H]1NC(=O)[C@@H](C)OC(=O)c1cc2c(s1)CCC2. The fourth-order valence-electron chi connectivity index (χ4n) is 3.53. The van der Waals surface area contributed by atoms with E-state index in [0.717, 1.165) is 32.1 Å². The second-order valence-electron chi connectivity index (χ2n) is 6.84. The van der Waals surface area contributed by atoms with Gasteiger partial charge in [0.15, 0.2) is 6.10 Å². The Balaban J connectivity index is 1.53. The summed E-state index contributed by atoms with van der Waals surface area (Å²) in [6.45, 7) is 3.83. The van der Waals surface area contributed by atoms with Crippen molar-refractivity contribution in [3.63, 3.8) is 0 Å². The van der Waals surface area contributed by atoms with Gasteiger partial charge in [-0.2, -0.15) is 0 Å². The van der Waals surface area contributed by atoms with Crippen LogP contribution in [-0.4, -0.2) is 24.0 Å². The van der Waals surface area contributed by atoms with Crippen LogP contribution in [0.2, 0.25) is 0 Å². The van der Waals surface area contributed by atoms with Gasteiger partial charge in [-0.3, -0.25) is 4.79 Å². The molecule has 0 unspecified atom stereocenters. The minimum Gasteiger partial charge on any atom is -0.448 e. The number of nitrogens with one attached hydrogen (secondary N) is 1. The van der Waals surface area contributed by atoms with Gasteiger partial charge in [-0.1, -0.05) is 19.8 Å². The number of fused-ring (bicyclic) bond motifs is 1. The van der Waals surface area contributed by atoms with E-state index in [4.69, 9.17) is 4.74 Å². The molecule has 1 amide bonds. The molecule has 1 fully saturated rings. The van der Waals surface area contributed by atoms with Crippen molar-refractivity contribution in [3.05, 3.63) is 21.4 Å². The Bertz CT molecular complexity index is 574. The second-order valence-corrected chi connectivity index (χ2v) is 7.97. The molecule has 5 heteroatoms. The topological polar surface area (TPSA) is 55.4 Å². The first-order chi connectivity index (χ1) is 11.0. The van der Waals surface area contributed by atoms with E-state index in [0.29, 0.717) is 10.8 Å². The predicted molar refractivity (Wildman–Crippen MR) is 90.8 cm³/mol. The van der Waals surface area contributed by atoms with Crippen LogP contribution in [0.5, 0.6) is 0 Å². The zero-order valence-corrected chi connectivity index (χ0v) is 14.7. The number of rotatable bonds is 4. The molecule has 23 heavy (non-hydrogen) atoms. The van der Waals surface area contributed by atoms with E-state index in [1.54, 1.807) is 6.92 Å². The van der Waals surface area contributed by atoms with E-state index < -0.39 is 6.10 Å². The van der Waals surface area contributed by atoms with Gasteiger partial charge in [-0.25, -0.2) is 4.79 Å². The van der Waals surface area contributed by atoms with Crippen molar-refractivity contribution in [2.45, 2.75) is 70.9 Å². The van der Waals surface area contributed by atoms with Crippen LogP contribution in [0, 0.1) is 5.92 Å². The first-order valence-corrected chi connectivity index (χ1v) is 9.49. The lowest BCUT2D eigenvalue weighted by atomic mass is 9.86. The molecule has 0 saturated heterocycles. The molecule has 1 N–H and O–H groups in total. The minimum absolute atomic E-state index is 0.179. The molecule has 4 nitrogen and oxygen atoms in total. The summed E-state index contributed by atoms with van der Waals surface area (Å²) < 4.78 is 5.37.